The second kappa shape index (κ2) is 7.38. The normalized spacial score (nSPS) is 12.7. The third-order valence-corrected chi connectivity index (χ3v) is 2.85. The van der Waals surface area contributed by atoms with Crippen molar-refractivity contribution in [3.05, 3.63) is 35.4 Å². The van der Waals surface area contributed by atoms with Crippen molar-refractivity contribution in [3.8, 4) is 0 Å². The molecule has 1 rings (SSSR count). The van der Waals surface area contributed by atoms with Crippen molar-refractivity contribution in [2.75, 3.05) is 13.1 Å². The molecular formula is C14H21F2N. The van der Waals surface area contributed by atoms with Gasteiger partial charge in [-0.1, -0.05) is 19.9 Å². The first-order valence-electron chi connectivity index (χ1n) is 6.28. The zero-order valence-corrected chi connectivity index (χ0v) is 10.6. The highest BCUT2D eigenvalue weighted by Crippen LogP contribution is 2.18. The van der Waals surface area contributed by atoms with E-state index in [1.54, 1.807) is 0 Å². The molecule has 1 nitrogen and oxygen atoms in total. The molecule has 1 aromatic rings. The SMILES string of the molecule is CCCNCCC(C)Cc1c(F)cccc1F. The van der Waals surface area contributed by atoms with Crippen molar-refractivity contribution in [3.63, 3.8) is 0 Å². The molecule has 17 heavy (non-hydrogen) atoms. The average molecular weight is 241 g/mol. The van der Waals surface area contributed by atoms with E-state index in [0.717, 1.165) is 25.9 Å². The molecule has 0 fully saturated rings. The lowest BCUT2D eigenvalue weighted by atomic mass is 9.97. The van der Waals surface area contributed by atoms with E-state index in [4.69, 9.17) is 0 Å². The van der Waals surface area contributed by atoms with Gasteiger partial charge >= 0.3 is 0 Å². The summed E-state index contributed by atoms with van der Waals surface area (Å²) in [4.78, 5) is 0. The second-order valence-electron chi connectivity index (χ2n) is 4.55. The van der Waals surface area contributed by atoms with Crippen LogP contribution in [-0.2, 0) is 6.42 Å². The minimum Gasteiger partial charge on any atom is -0.317 e. The molecule has 1 N–H and O–H groups in total. The quantitative estimate of drug-likeness (QED) is 0.720. The second-order valence-corrected chi connectivity index (χ2v) is 4.55. The molecule has 0 aromatic heterocycles. The summed E-state index contributed by atoms with van der Waals surface area (Å²) in [6.07, 6.45) is 2.51. The van der Waals surface area contributed by atoms with Crippen LogP contribution in [0.25, 0.3) is 0 Å². The van der Waals surface area contributed by atoms with E-state index in [2.05, 4.69) is 12.2 Å². The van der Waals surface area contributed by atoms with Gasteiger partial charge in [-0.2, -0.15) is 0 Å². The molecule has 0 heterocycles. The van der Waals surface area contributed by atoms with Gasteiger partial charge in [0.25, 0.3) is 0 Å². The highest BCUT2D eigenvalue weighted by Gasteiger charge is 2.12. The van der Waals surface area contributed by atoms with E-state index >= 15 is 0 Å². The van der Waals surface area contributed by atoms with Gasteiger partial charge in [0.15, 0.2) is 0 Å². The molecule has 0 bridgehead atoms. The molecule has 0 radical (unpaired) electrons. The van der Waals surface area contributed by atoms with E-state index in [9.17, 15) is 8.78 Å². The monoisotopic (exact) mass is 241 g/mol. The molecule has 0 aliphatic carbocycles. The number of nitrogens with one attached hydrogen (secondary N) is 1. The summed E-state index contributed by atoms with van der Waals surface area (Å²) in [7, 11) is 0. The van der Waals surface area contributed by atoms with Crippen LogP contribution in [0.2, 0.25) is 0 Å². The zero-order valence-electron chi connectivity index (χ0n) is 10.6. The van der Waals surface area contributed by atoms with Crippen LogP contribution in [0.5, 0.6) is 0 Å². The fourth-order valence-electron chi connectivity index (χ4n) is 1.83. The van der Waals surface area contributed by atoms with Crippen LogP contribution in [0.1, 0.15) is 32.3 Å². The predicted molar refractivity (Wildman–Crippen MR) is 67.0 cm³/mol. The molecule has 0 saturated heterocycles. The molecular weight excluding hydrogens is 220 g/mol. The van der Waals surface area contributed by atoms with Crippen molar-refractivity contribution in [2.45, 2.75) is 33.1 Å². The van der Waals surface area contributed by atoms with E-state index in [0.29, 0.717) is 6.42 Å². The van der Waals surface area contributed by atoms with Crippen LogP contribution in [0.15, 0.2) is 18.2 Å². The minimum absolute atomic E-state index is 0.218. The van der Waals surface area contributed by atoms with Crippen molar-refractivity contribution < 1.29 is 8.78 Å². The van der Waals surface area contributed by atoms with Gasteiger partial charge in [-0.25, -0.2) is 8.78 Å². The van der Waals surface area contributed by atoms with E-state index < -0.39 is 11.6 Å². The molecule has 1 unspecified atom stereocenters. The van der Waals surface area contributed by atoms with Gasteiger partial charge < -0.3 is 5.32 Å². The smallest absolute Gasteiger partial charge is 0.129 e. The van der Waals surface area contributed by atoms with Crippen LogP contribution in [0.4, 0.5) is 8.78 Å². The highest BCUT2D eigenvalue weighted by molar-refractivity contribution is 5.20. The summed E-state index contributed by atoms with van der Waals surface area (Å²) in [6.45, 7) is 6.05. The fraction of sp³-hybridized carbons (Fsp3) is 0.571. The third kappa shape index (κ3) is 4.82. The van der Waals surface area contributed by atoms with Gasteiger partial charge in [-0.05, 0) is 50.4 Å². The van der Waals surface area contributed by atoms with Gasteiger partial charge in [-0.3, -0.25) is 0 Å². The molecule has 0 aliphatic rings. The highest BCUT2D eigenvalue weighted by atomic mass is 19.1. The maximum Gasteiger partial charge on any atom is 0.129 e. The van der Waals surface area contributed by atoms with Crippen molar-refractivity contribution in [1.82, 2.24) is 5.32 Å². The largest absolute Gasteiger partial charge is 0.317 e. The Hall–Kier alpha value is -0.960. The topological polar surface area (TPSA) is 12.0 Å². The van der Waals surface area contributed by atoms with Gasteiger partial charge in [0.05, 0.1) is 0 Å². The molecule has 0 amide bonds. The predicted octanol–water partition coefficient (Wildman–Crippen LogP) is 3.53. The third-order valence-electron chi connectivity index (χ3n) is 2.85. The lowest BCUT2D eigenvalue weighted by Crippen LogP contribution is -2.19. The standard InChI is InChI=1S/C14H21F2N/c1-3-8-17-9-7-11(2)10-12-13(15)5-4-6-14(12)16/h4-6,11,17H,3,7-10H2,1-2H3. The number of hydrogen-bond donors (Lipinski definition) is 1. The first-order chi connectivity index (χ1) is 8.15. The Morgan fingerprint density at radius 3 is 2.41 bits per heavy atom. The van der Waals surface area contributed by atoms with Gasteiger partial charge in [0.2, 0.25) is 0 Å². The summed E-state index contributed by atoms with van der Waals surface area (Å²) in [6, 6.07) is 4.04. The summed E-state index contributed by atoms with van der Waals surface area (Å²) in [5, 5.41) is 3.29. The average Bonchev–Trinajstić information content (AvgIpc) is 2.30. The Morgan fingerprint density at radius 2 is 1.82 bits per heavy atom. The molecule has 0 spiro atoms. The van der Waals surface area contributed by atoms with Crippen LogP contribution >= 0.6 is 0 Å². The van der Waals surface area contributed by atoms with E-state index in [-0.39, 0.29) is 11.5 Å². The van der Waals surface area contributed by atoms with Gasteiger partial charge in [-0.15, -0.1) is 0 Å². The Bertz CT molecular complexity index is 319. The van der Waals surface area contributed by atoms with Crippen molar-refractivity contribution in [1.29, 1.82) is 0 Å². The van der Waals surface area contributed by atoms with Crippen molar-refractivity contribution in [2.24, 2.45) is 5.92 Å². The van der Waals surface area contributed by atoms with Crippen LogP contribution in [-0.4, -0.2) is 13.1 Å². The first-order valence-corrected chi connectivity index (χ1v) is 6.28. The minimum atomic E-state index is -0.432. The lowest BCUT2D eigenvalue weighted by Gasteiger charge is -2.13. The molecule has 1 atom stereocenters. The zero-order chi connectivity index (χ0) is 12.7. The molecule has 0 aliphatic heterocycles. The lowest BCUT2D eigenvalue weighted by molar-refractivity contribution is 0.469. The number of halogens is 2. The Balaban J connectivity index is 2.42. The van der Waals surface area contributed by atoms with E-state index in [1.165, 1.54) is 18.2 Å². The number of hydrogen-bond acceptors (Lipinski definition) is 1. The molecule has 1 aromatic carbocycles. The summed E-state index contributed by atoms with van der Waals surface area (Å²) >= 11 is 0. The summed E-state index contributed by atoms with van der Waals surface area (Å²) in [5.74, 6) is -0.581. The maximum atomic E-state index is 13.4. The van der Waals surface area contributed by atoms with E-state index in [1.807, 2.05) is 6.92 Å². The number of benzene rings is 1. The van der Waals surface area contributed by atoms with Crippen LogP contribution in [0, 0.1) is 17.6 Å². The summed E-state index contributed by atoms with van der Waals surface area (Å²) < 4.78 is 26.8. The van der Waals surface area contributed by atoms with Gasteiger partial charge in [0.1, 0.15) is 11.6 Å². The fourth-order valence-corrected chi connectivity index (χ4v) is 1.83. The number of rotatable bonds is 7. The first kappa shape index (κ1) is 14.1. The summed E-state index contributed by atoms with van der Waals surface area (Å²) in [5.41, 5.74) is 0.218. The van der Waals surface area contributed by atoms with Crippen molar-refractivity contribution >= 4 is 0 Å². The molecule has 0 saturated carbocycles. The molecule has 3 heteroatoms. The maximum absolute atomic E-state index is 13.4. The van der Waals surface area contributed by atoms with Crippen LogP contribution in [0.3, 0.4) is 0 Å². The molecule has 96 valence electrons. The Kier molecular flexibility index (Phi) is 6.12. The Morgan fingerprint density at radius 1 is 1.18 bits per heavy atom. The Labute approximate surface area is 102 Å². The van der Waals surface area contributed by atoms with Gasteiger partial charge in [0, 0.05) is 5.56 Å². The van der Waals surface area contributed by atoms with Crippen LogP contribution < -0.4 is 5.32 Å².